The largest absolute Gasteiger partial charge is 0.478 e. The summed E-state index contributed by atoms with van der Waals surface area (Å²) < 4.78 is 10.5. The number of hydrogen-bond acceptors (Lipinski definition) is 3. The summed E-state index contributed by atoms with van der Waals surface area (Å²) in [7, 11) is 0. The molecule has 0 bridgehead atoms. The molecule has 0 unspecified atom stereocenters. The highest BCUT2D eigenvalue weighted by Crippen LogP contribution is 1.97. The molecule has 4 heteroatoms. The lowest BCUT2D eigenvalue weighted by Gasteiger charge is -2.05. The number of unbranched alkanes of at least 4 members (excludes halogenated alkanes) is 1. The molecule has 0 spiro atoms. The van der Waals surface area contributed by atoms with E-state index in [4.69, 9.17) is 14.6 Å². The van der Waals surface area contributed by atoms with Crippen LogP contribution < -0.4 is 0 Å². The van der Waals surface area contributed by atoms with Crippen LogP contribution in [0.15, 0.2) is 12.2 Å². The Hall–Kier alpha value is -0.870. The Kier molecular flexibility index (Phi) is 9.11. The van der Waals surface area contributed by atoms with Crippen molar-refractivity contribution in [3.05, 3.63) is 12.2 Å². The van der Waals surface area contributed by atoms with E-state index in [1.165, 1.54) is 0 Å². The number of ether oxygens (including phenoxy) is 2. The lowest BCUT2D eigenvalue weighted by Crippen LogP contribution is -2.08. The standard InChI is InChI=1S/C11H20O4/c1-3-4-6-14-8-9-15-7-5-10(2)11(12)13/h2-9H2,1H3,(H,12,13). The van der Waals surface area contributed by atoms with Crippen LogP contribution in [0.5, 0.6) is 0 Å². The highest BCUT2D eigenvalue weighted by molar-refractivity contribution is 5.85. The van der Waals surface area contributed by atoms with Gasteiger partial charge in [-0.3, -0.25) is 0 Å². The van der Waals surface area contributed by atoms with E-state index >= 15 is 0 Å². The third-order valence-corrected chi connectivity index (χ3v) is 1.86. The van der Waals surface area contributed by atoms with Crippen molar-refractivity contribution >= 4 is 5.97 Å². The van der Waals surface area contributed by atoms with E-state index < -0.39 is 5.97 Å². The van der Waals surface area contributed by atoms with Gasteiger partial charge in [-0.15, -0.1) is 0 Å². The van der Waals surface area contributed by atoms with E-state index in [0.29, 0.717) is 26.2 Å². The van der Waals surface area contributed by atoms with Gasteiger partial charge in [-0.05, 0) is 6.42 Å². The zero-order chi connectivity index (χ0) is 11.5. The van der Waals surface area contributed by atoms with E-state index in [1.54, 1.807) is 0 Å². The fourth-order valence-corrected chi connectivity index (χ4v) is 0.871. The van der Waals surface area contributed by atoms with Crippen molar-refractivity contribution in [2.45, 2.75) is 26.2 Å². The lowest BCUT2D eigenvalue weighted by atomic mass is 10.2. The van der Waals surface area contributed by atoms with Crippen molar-refractivity contribution in [2.24, 2.45) is 0 Å². The van der Waals surface area contributed by atoms with Gasteiger partial charge in [0.1, 0.15) is 0 Å². The zero-order valence-electron chi connectivity index (χ0n) is 9.33. The average molecular weight is 216 g/mol. The molecule has 0 heterocycles. The van der Waals surface area contributed by atoms with Gasteiger partial charge in [-0.1, -0.05) is 19.9 Å². The van der Waals surface area contributed by atoms with Gasteiger partial charge in [0.25, 0.3) is 0 Å². The molecule has 0 aromatic carbocycles. The molecule has 88 valence electrons. The van der Waals surface area contributed by atoms with Gasteiger partial charge in [0, 0.05) is 18.6 Å². The van der Waals surface area contributed by atoms with Crippen molar-refractivity contribution in [2.75, 3.05) is 26.4 Å². The molecule has 0 fully saturated rings. The zero-order valence-corrected chi connectivity index (χ0v) is 9.33. The van der Waals surface area contributed by atoms with Gasteiger partial charge < -0.3 is 14.6 Å². The molecule has 0 aliphatic heterocycles. The molecular weight excluding hydrogens is 196 g/mol. The summed E-state index contributed by atoms with van der Waals surface area (Å²) in [6, 6.07) is 0. The molecule has 0 atom stereocenters. The van der Waals surface area contributed by atoms with Crippen LogP contribution in [0.1, 0.15) is 26.2 Å². The Morgan fingerprint density at radius 3 is 2.33 bits per heavy atom. The molecule has 0 aromatic rings. The summed E-state index contributed by atoms with van der Waals surface area (Å²) >= 11 is 0. The summed E-state index contributed by atoms with van der Waals surface area (Å²) in [5.41, 5.74) is 0.182. The predicted octanol–water partition coefficient (Wildman–Crippen LogP) is 1.85. The summed E-state index contributed by atoms with van der Waals surface area (Å²) in [4.78, 5) is 10.4. The van der Waals surface area contributed by atoms with Crippen molar-refractivity contribution in [1.82, 2.24) is 0 Å². The second-order valence-corrected chi connectivity index (χ2v) is 3.24. The Labute approximate surface area is 90.9 Å². The fourth-order valence-electron chi connectivity index (χ4n) is 0.871. The van der Waals surface area contributed by atoms with Gasteiger partial charge >= 0.3 is 5.97 Å². The number of carboxylic acid groups (broad SMARTS) is 1. The molecule has 4 nitrogen and oxygen atoms in total. The highest BCUT2D eigenvalue weighted by Gasteiger charge is 2.02. The van der Waals surface area contributed by atoms with Crippen molar-refractivity contribution in [1.29, 1.82) is 0 Å². The molecule has 0 amide bonds. The van der Waals surface area contributed by atoms with Crippen LogP contribution in [0.4, 0.5) is 0 Å². The third-order valence-electron chi connectivity index (χ3n) is 1.86. The Morgan fingerprint density at radius 2 is 1.80 bits per heavy atom. The number of hydrogen-bond donors (Lipinski definition) is 1. The maximum atomic E-state index is 10.4. The molecule has 15 heavy (non-hydrogen) atoms. The van der Waals surface area contributed by atoms with Crippen LogP contribution in [0, 0.1) is 0 Å². The van der Waals surface area contributed by atoms with E-state index in [9.17, 15) is 4.79 Å². The van der Waals surface area contributed by atoms with Gasteiger partial charge in [0.2, 0.25) is 0 Å². The minimum Gasteiger partial charge on any atom is -0.478 e. The number of carbonyl (C=O) groups is 1. The first-order valence-corrected chi connectivity index (χ1v) is 5.25. The van der Waals surface area contributed by atoms with Gasteiger partial charge in [0.05, 0.1) is 19.8 Å². The molecule has 1 N–H and O–H groups in total. The maximum Gasteiger partial charge on any atom is 0.331 e. The molecule has 0 radical (unpaired) electrons. The smallest absolute Gasteiger partial charge is 0.331 e. The minimum atomic E-state index is -0.960. The van der Waals surface area contributed by atoms with Gasteiger partial charge in [0.15, 0.2) is 0 Å². The van der Waals surface area contributed by atoms with Crippen LogP contribution in [0.2, 0.25) is 0 Å². The van der Waals surface area contributed by atoms with Crippen LogP contribution in [0.25, 0.3) is 0 Å². The van der Waals surface area contributed by atoms with E-state index in [2.05, 4.69) is 13.5 Å². The lowest BCUT2D eigenvalue weighted by molar-refractivity contribution is -0.132. The minimum absolute atomic E-state index is 0.182. The Balaban J connectivity index is 3.11. The SMILES string of the molecule is C=C(CCOCCOCCCC)C(=O)O. The molecule has 0 rings (SSSR count). The van der Waals surface area contributed by atoms with E-state index in [-0.39, 0.29) is 5.57 Å². The summed E-state index contributed by atoms with van der Waals surface area (Å²) in [5.74, 6) is -0.960. The monoisotopic (exact) mass is 216 g/mol. The van der Waals surface area contributed by atoms with Gasteiger partial charge in [-0.25, -0.2) is 4.79 Å². The summed E-state index contributed by atoms with van der Waals surface area (Å²) in [5, 5.41) is 8.50. The molecular formula is C11H20O4. The quantitative estimate of drug-likeness (QED) is 0.447. The first kappa shape index (κ1) is 14.1. The maximum absolute atomic E-state index is 10.4. The first-order valence-electron chi connectivity index (χ1n) is 5.25. The third kappa shape index (κ3) is 9.43. The van der Waals surface area contributed by atoms with Crippen LogP contribution >= 0.6 is 0 Å². The molecule has 0 aliphatic rings. The topological polar surface area (TPSA) is 55.8 Å². The number of aliphatic carboxylic acids is 1. The Morgan fingerprint density at radius 1 is 1.20 bits per heavy atom. The molecule has 0 aliphatic carbocycles. The molecule has 0 saturated heterocycles. The van der Waals surface area contributed by atoms with Crippen LogP contribution in [-0.2, 0) is 14.3 Å². The van der Waals surface area contributed by atoms with Gasteiger partial charge in [-0.2, -0.15) is 0 Å². The van der Waals surface area contributed by atoms with E-state index in [1.807, 2.05) is 0 Å². The van der Waals surface area contributed by atoms with Crippen molar-refractivity contribution in [3.8, 4) is 0 Å². The van der Waals surface area contributed by atoms with Crippen molar-refractivity contribution < 1.29 is 19.4 Å². The Bertz CT molecular complexity index is 189. The van der Waals surface area contributed by atoms with Crippen LogP contribution in [-0.4, -0.2) is 37.5 Å². The van der Waals surface area contributed by atoms with Crippen LogP contribution in [0.3, 0.4) is 0 Å². The molecule has 0 saturated carbocycles. The number of carboxylic acids is 1. The highest BCUT2D eigenvalue weighted by atomic mass is 16.5. The number of rotatable bonds is 10. The second kappa shape index (κ2) is 9.68. The summed E-state index contributed by atoms with van der Waals surface area (Å²) in [6.07, 6.45) is 2.55. The average Bonchev–Trinajstić information content (AvgIpc) is 2.21. The molecule has 0 aromatic heterocycles. The second-order valence-electron chi connectivity index (χ2n) is 3.24. The normalized spacial score (nSPS) is 10.2. The van der Waals surface area contributed by atoms with E-state index in [0.717, 1.165) is 19.4 Å². The fraction of sp³-hybridized carbons (Fsp3) is 0.727. The predicted molar refractivity (Wildman–Crippen MR) is 57.9 cm³/mol. The van der Waals surface area contributed by atoms with Crippen molar-refractivity contribution in [3.63, 3.8) is 0 Å². The summed E-state index contributed by atoms with van der Waals surface area (Å²) in [6.45, 7) is 7.75. The first-order chi connectivity index (χ1) is 7.18.